The van der Waals surface area contributed by atoms with Gasteiger partial charge in [0.1, 0.15) is 12.9 Å². The van der Waals surface area contributed by atoms with E-state index < -0.39 is 25.0 Å². The van der Waals surface area contributed by atoms with Crippen LogP contribution in [0.5, 0.6) is 0 Å². The van der Waals surface area contributed by atoms with E-state index in [0.717, 1.165) is 24.3 Å². The molecule has 0 bridgehead atoms. The second-order valence-electron chi connectivity index (χ2n) is 15.3. The first kappa shape index (κ1) is 37.7. The van der Waals surface area contributed by atoms with Crippen LogP contribution in [0.15, 0.2) is 47.4 Å². The molecule has 5 rings (SSSR count). The van der Waals surface area contributed by atoms with Gasteiger partial charge in [-0.05, 0) is 68.5 Å². The molecule has 0 saturated carbocycles. The van der Waals surface area contributed by atoms with Crippen molar-refractivity contribution in [3.05, 3.63) is 42.5 Å². The van der Waals surface area contributed by atoms with Crippen LogP contribution in [0, 0.1) is 23.7 Å². The number of methoxy groups -OCH3 is 2. The molecule has 1 aliphatic carbocycles. The summed E-state index contributed by atoms with van der Waals surface area (Å²) < 4.78 is 36.9. The number of hydrogen-bond acceptors (Lipinski definition) is 10. The molecule has 1 aromatic rings. The SMILES string of the molecule is COCO[C@H]1OCC[C@](Sc2ccccc2)(C2([C@H]3CC(=O)O[C@@H]4[C@H]3C=C[C@@H]4CO[Si](C)(C)C(C)(C)C)SCCCS2)[C@H]1C(C)(C)OC. The maximum absolute atomic E-state index is 13.8. The number of fused-ring (bicyclic) bond motifs is 1. The molecule has 4 aliphatic rings. The van der Waals surface area contributed by atoms with Crippen LogP contribution in [0.4, 0.5) is 0 Å². The number of benzene rings is 1. The molecule has 3 fully saturated rings. The van der Waals surface area contributed by atoms with Gasteiger partial charge in [0.05, 0.1) is 33.4 Å². The Kier molecular flexibility index (Phi) is 12.0. The molecule has 47 heavy (non-hydrogen) atoms. The molecule has 0 N–H and O–H groups in total. The van der Waals surface area contributed by atoms with Gasteiger partial charge in [-0.2, -0.15) is 0 Å². The van der Waals surface area contributed by atoms with E-state index in [1.807, 2.05) is 35.3 Å². The lowest BCUT2D eigenvalue weighted by atomic mass is 9.67. The Morgan fingerprint density at radius 3 is 2.38 bits per heavy atom. The Morgan fingerprint density at radius 2 is 1.74 bits per heavy atom. The van der Waals surface area contributed by atoms with Crippen LogP contribution < -0.4 is 0 Å². The van der Waals surface area contributed by atoms with Crippen molar-refractivity contribution in [3.8, 4) is 0 Å². The van der Waals surface area contributed by atoms with Crippen molar-refractivity contribution in [3.63, 3.8) is 0 Å². The van der Waals surface area contributed by atoms with Gasteiger partial charge in [0.2, 0.25) is 0 Å². The van der Waals surface area contributed by atoms with Crippen molar-refractivity contribution >= 4 is 49.6 Å². The highest BCUT2D eigenvalue weighted by Crippen LogP contribution is 2.69. The number of thioether (sulfide) groups is 3. The maximum atomic E-state index is 13.8. The lowest BCUT2D eigenvalue weighted by Crippen LogP contribution is -2.69. The van der Waals surface area contributed by atoms with Crippen molar-refractivity contribution in [2.24, 2.45) is 23.7 Å². The van der Waals surface area contributed by atoms with E-state index in [4.69, 9.17) is 28.1 Å². The largest absolute Gasteiger partial charge is 0.461 e. The van der Waals surface area contributed by atoms with Crippen molar-refractivity contribution in [1.82, 2.24) is 0 Å². The van der Waals surface area contributed by atoms with E-state index in [1.165, 1.54) is 4.90 Å². The molecular weight excluding hydrogens is 669 g/mol. The summed E-state index contributed by atoms with van der Waals surface area (Å²) in [7, 11) is 1.45. The third-order valence-corrected chi connectivity index (χ3v) is 21.4. The topological polar surface area (TPSA) is 72.5 Å². The second-order valence-corrected chi connectivity index (χ2v) is 24.5. The Balaban J connectivity index is 1.62. The van der Waals surface area contributed by atoms with Gasteiger partial charge in [0, 0.05) is 43.5 Å². The molecule has 3 saturated heterocycles. The predicted octanol–water partition coefficient (Wildman–Crippen LogP) is 8.25. The van der Waals surface area contributed by atoms with Crippen molar-refractivity contribution in [1.29, 1.82) is 0 Å². The molecule has 0 radical (unpaired) electrons. The van der Waals surface area contributed by atoms with E-state index in [0.29, 0.717) is 19.6 Å². The number of carbonyl (C=O) groups is 1. The summed E-state index contributed by atoms with van der Waals surface area (Å²) in [6.07, 6.45) is 6.15. The van der Waals surface area contributed by atoms with Gasteiger partial charge in [0.15, 0.2) is 14.6 Å². The number of hydrogen-bond donors (Lipinski definition) is 0. The molecule has 7 nitrogen and oxygen atoms in total. The van der Waals surface area contributed by atoms with E-state index in [-0.39, 0.29) is 51.7 Å². The van der Waals surface area contributed by atoms with Crippen LogP contribution in [0.25, 0.3) is 0 Å². The quantitative estimate of drug-likeness (QED) is 0.0911. The number of rotatable bonds is 12. The van der Waals surface area contributed by atoms with Crippen molar-refractivity contribution in [2.75, 3.05) is 45.7 Å². The Labute approximate surface area is 296 Å². The number of esters is 1. The van der Waals surface area contributed by atoms with Gasteiger partial charge < -0.3 is 28.1 Å². The van der Waals surface area contributed by atoms with Gasteiger partial charge in [-0.1, -0.05) is 51.1 Å². The third-order valence-electron chi connectivity index (χ3n) is 11.1. The zero-order chi connectivity index (χ0) is 34.1. The highest BCUT2D eigenvalue weighted by Gasteiger charge is 2.69. The summed E-state index contributed by atoms with van der Waals surface area (Å²) in [5.41, 5.74) is -0.619. The fourth-order valence-corrected chi connectivity index (χ4v) is 15.0. The van der Waals surface area contributed by atoms with E-state index in [2.05, 4.69) is 90.2 Å². The molecule has 11 heteroatoms. The minimum Gasteiger partial charge on any atom is -0.461 e. The first-order valence-electron chi connectivity index (χ1n) is 17.0. The molecule has 3 heterocycles. The van der Waals surface area contributed by atoms with Gasteiger partial charge >= 0.3 is 5.97 Å². The summed E-state index contributed by atoms with van der Waals surface area (Å²) in [5, 5.41) is 0.106. The van der Waals surface area contributed by atoms with E-state index in [9.17, 15) is 4.79 Å². The van der Waals surface area contributed by atoms with Gasteiger partial charge in [0.25, 0.3) is 0 Å². The highest BCUT2D eigenvalue weighted by atomic mass is 32.2. The summed E-state index contributed by atoms with van der Waals surface area (Å²) in [6.45, 7) is 16.9. The molecule has 0 amide bonds. The fraction of sp³-hybridized carbons (Fsp3) is 0.750. The number of carbonyl (C=O) groups excluding carboxylic acids is 1. The minimum absolute atomic E-state index is 0.0331. The molecule has 3 aliphatic heterocycles. The van der Waals surface area contributed by atoms with Gasteiger partial charge in [-0.25, -0.2) is 0 Å². The lowest BCUT2D eigenvalue weighted by Gasteiger charge is -2.64. The standard InChI is InChI=1S/C36H56O7S3Si/c1-33(2,3)47(8,9)42-23-25-16-17-27-28(22-29(37)43-30(25)27)36(44-20-13-21-45-36)35(46-26-14-11-10-12-15-26)18-19-40-32(41-24-38-6)31(35)34(4,5)39-7/h10-12,14-17,25,27-28,30-32H,13,18-24H2,1-9H3/t25-,27+,28+,30+,31-,32-,35-/m1/s1. The highest BCUT2D eigenvalue weighted by molar-refractivity contribution is 8.20. The van der Waals surface area contributed by atoms with Crippen LogP contribution in [-0.2, 0) is 32.9 Å². The smallest absolute Gasteiger partial charge is 0.306 e. The van der Waals surface area contributed by atoms with E-state index >= 15 is 0 Å². The first-order valence-corrected chi connectivity index (χ1v) is 22.7. The summed E-state index contributed by atoms with van der Waals surface area (Å²) in [4.78, 5) is 15.0. The van der Waals surface area contributed by atoms with Crippen LogP contribution >= 0.6 is 35.3 Å². The number of ether oxygens (including phenoxy) is 5. The second kappa shape index (κ2) is 15.0. The fourth-order valence-electron chi connectivity index (χ4n) is 7.57. The third kappa shape index (κ3) is 7.45. The minimum atomic E-state index is -1.98. The maximum Gasteiger partial charge on any atom is 0.306 e. The molecule has 0 unspecified atom stereocenters. The van der Waals surface area contributed by atoms with Gasteiger partial charge in [-0.3, -0.25) is 4.79 Å². The van der Waals surface area contributed by atoms with Crippen LogP contribution in [0.3, 0.4) is 0 Å². The lowest BCUT2D eigenvalue weighted by molar-refractivity contribution is -0.266. The summed E-state index contributed by atoms with van der Waals surface area (Å²) in [5.74, 6) is 1.91. The monoisotopic (exact) mass is 724 g/mol. The normalized spacial score (nSPS) is 33.0. The van der Waals surface area contributed by atoms with Crippen LogP contribution in [0.2, 0.25) is 18.1 Å². The van der Waals surface area contributed by atoms with Crippen molar-refractivity contribution in [2.45, 2.75) is 104 Å². The summed E-state index contributed by atoms with van der Waals surface area (Å²) in [6, 6.07) is 10.7. The van der Waals surface area contributed by atoms with Gasteiger partial charge in [-0.15, -0.1) is 35.3 Å². The van der Waals surface area contributed by atoms with Crippen LogP contribution in [-0.4, -0.2) is 86.8 Å². The zero-order valence-electron chi connectivity index (χ0n) is 29.7. The molecule has 0 aromatic heterocycles. The Morgan fingerprint density at radius 1 is 1.04 bits per heavy atom. The zero-order valence-corrected chi connectivity index (χ0v) is 33.2. The molecule has 264 valence electrons. The molecule has 7 atom stereocenters. The van der Waals surface area contributed by atoms with Crippen LogP contribution in [0.1, 0.15) is 53.9 Å². The predicted molar refractivity (Wildman–Crippen MR) is 196 cm³/mol. The first-order chi connectivity index (χ1) is 22.2. The summed E-state index contributed by atoms with van der Waals surface area (Å²) >= 11 is 6.03. The Hall–Kier alpha value is -0.503. The van der Waals surface area contributed by atoms with E-state index in [1.54, 1.807) is 14.2 Å². The Bertz CT molecular complexity index is 1230. The molecular formula is C36H56O7S3Si. The molecule has 1 aromatic carbocycles. The van der Waals surface area contributed by atoms with Crippen molar-refractivity contribution < 1.29 is 32.9 Å². The average molecular weight is 725 g/mol. The molecule has 0 spiro atoms. The average Bonchev–Trinajstić information content (AvgIpc) is 3.45.